The van der Waals surface area contributed by atoms with Crippen LogP contribution in [0.3, 0.4) is 0 Å². The second-order valence-corrected chi connectivity index (χ2v) is 9.98. The molecule has 0 amide bonds. The molecule has 1 N–H and O–H groups in total. The molecule has 28 heavy (non-hydrogen) atoms. The van der Waals surface area contributed by atoms with Gasteiger partial charge in [-0.1, -0.05) is 29.3 Å². The van der Waals surface area contributed by atoms with Crippen LogP contribution in [0.4, 0.5) is 0 Å². The van der Waals surface area contributed by atoms with Gasteiger partial charge in [-0.15, -0.1) is 22.7 Å². The molecular formula is C17H14Cl2N2O4S3. The van der Waals surface area contributed by atoms with Gasteiger partial charge in [0.2, 0.25) is 10.0 Å². The largest absolute Gasteiger partial charge is 0.458 e. The zero-order valence-electron chi connectivity index (χ0n) is 14.4. The number of nitrogens with zero attached hydrogens (tertiary/aromatic N) is 1. The number of aromatic nitrogens is 1. The zero-order chi connectivity index (χ0) is 20.3. The molecule has 0 spiro atoms. The first-order valence-corrected chi connectivity index (χ1v) is 11.9. The molecule has 0 unspecified atom stereocenters. The number of thiazole rings is 1. The molecule has 11 heteroatoms. The summed E-state index contributed by atoms with van der Waals surface area (Å²) in [5.74, 6) is -0.714. The van der Waals surface area contributed by atoms with Crippen LogP contribution in [0, 0.1) is 0 Å². The van der Waals surface area contributed by atoms with Gasteiger partial charge in [-0.05, 0) is 36.6 Å². The van der Waals surface area contributed by atoms with Crippen molar-refractivity contribution in [3.8, 4) is 9.88 Å². The Hall–Kier alpha value is -1.49. The van der Waals surface area contributed by atoms with Crippen molar-refractivity contribution in [3.63, 3.8) is 0 Å². The molecule has 0 aliphatic rings. The molecular weight excluding hydrogens is 463 g/mol. The van der Waals surface area contributed by atoms with E-state index in [9.17, 15) is 13.2 Å². The third-order valence-corrected chi connectivity index (χ3v) is 7.74. The van der Waals surface area contributed by atoms with Crippen LogP contribution in [-0.2, 0) is 26.2 Å². The van der Waals surface area contributed by atoms with Crippen molar-refractivity contribution in [1.82, 2.24) is 9.71 Å². The van der Waals surface area contributed by atoms with Gasteiger partial charge in [-0.25, -0.2) is 13.4 Å². The van der Waals surface area contributed by atoms with Crippen molar-refractivity contribution < 1.29 is 17.9 Å². The summed E-state index contributed by atoms with van der Waals surface area (Å²) in [7, 11) is -3.96. The molecule has 0 fully saturated rings. The predicted molar refractivity (Wildman–Crippen MR) is 111 cm³/mol. The number of nitrogens with one attached hydrogen (secondary N) is 1. The monoisotopic (exact) mass is 476 g/mol. The van der Waals surface area contributed by atoms with E-state index < -0.39 is 22.0 Å². The number of hydrogen-bond acceptors (Lipinski definition) is 7. The van der Waals surface area contributed by atoms with Gasteiger partial charge >= 0.3 is 5.97 Å². The predicted octanol–water partition coefficient (Wildman–Crippen LogP) is 4.59. The molecule has 6 nitrogen and oxygen atoms in total. The highest BCUT2D eigenvalue weighted by atomic mass is 35.5. The van der Waals surface area contributed by atoms with Gasteiger partial charge in [0.1, 0.15) is 17.7 Å². The Morgan fingerprint density at radius 2 is 2.04 bits per heavy atom. The lowest BCUT2D eigenvalue weighted by molar-refractivity contribution is -0.146. The number of thiophene rings is 1. The van der Waals surface area contributed by atoms with E-state index in [1.54, 1.807) is 16.7 Å². The van der Waals surface area contributed by atoms with E-state index in [1.165, 1.54) is 36.5 Å². The zero-order valence-corrected chi connectivity index (χ0v) is 18.3. The topological polar surface area (TPSA) is 85.4 Å². The summed E-state index contributed by atoms with van der Waals surface area (Å²) in [4.78, 5) is 17.5. The maximum Gasteiger partial charge on any atom is 0.324 e. The molecule has 148 valence electrons. The van der Waals surface area contributed by atoms with Crippen molar-refractivity contribution >= 4 is 61.9 Å². The first kappa shape index (κ1) is 21.2. The van der Waals surface area contributed by atoms with Crippen LogP contribution in [0.1, 0.15) is 12.6 Å². The molecule has 0 saturated carbocycles. The Kier molecular flexibility index (Phi) is 6.74. The number of ether oxygens (including phenoxy) is 1. The van der Waals surface area contributed by atoms with Gasteiger partial charge in [-0.3, -0.25) is 4.79 Å². The first-order chi connectivity index (χ1) is 13.3. The SMILES string of the molecule is C[C@H](NS(=O)(=O)c1ccc(Cl)c(Cl)c1)C(=O)OCc1csc(-c2cccs2)n1. The van der Waals surface area contributed by atoms with Crippen LogP contribution in [0.5, 0.6) is 0 Å². The minimum absolute atomic E-state index is 0.0421. The highest BCUT2D eigenvalue weighted by molar-refractivity contribution is 7.89. The van der Waals surface area contributed by atoms with Crippen LogP contribution in [0.2, 0.25) is 10.0 Å². The van der Waals surface area contributed by atoms with Crippen LogP contribution < -0.4 is 4.72 Å². The van der Waals surface area contributed by atoms with Crippen molar-refractivity contribution in [2.24, 2.45) is 0 Å². The molecule has 2 heterocycles. The minimum Gasteiger partial charge on any atom is -0.458 e. The molecule has 0 aliphatic heterocycles. The third-order valence-electron chi connectivity index (χ3n) is 3.53. The number of benzene rings is 1. The smallest absolute Gasteiger partial charge is 0.324 e. The summed E-state index contributed by atoms with van der Waals surface area (Å²) in [6.07, 6.45) is 0. The fraction of sp³-hybridized carbons (Fsp3) is 0.176. The van der Waals surface area contributed by atoms with Gasteiger partial charge in [0, 0.05) is 5.38 Å². The quantitative estimate of drug-likeness (QED) is 0.504. The fourth-order valence-corrected chi connectivity index (χ4v) is 5.35. The molecule has 2 aromatic heterocycles. The number of esters is 1. The van der Waals surface area contributed by atoms with E-state index >= 15 is 0 Å². The summed E-state index contributed by atoms with van der Waals surface area (Å²) in [5.41, 5.74) is 0.598. The molecule has 0 aliphatic carbocycles. The van der Waals surface area contributed by atoms with E-state index in [-0.39, 0.29) is 21.5 Å². The number of rotatable bonds is 7. The standard InChI is InChI=1S/C17H14Cl2N2O4S3/c1-10(21-28(23,24)12-4-5-13(18)14(19)7-12)17(22)25-8-11-9-27-16(20-11)15-3-2-6-26-15/h2-7,9-10,21H,8H2,1H3/t10-/m0/s1. The summed E-state index contributed by atoms with van der Waals surface area (Å²) in [5, 5.41) is 4.93. The Labute approximate surface area is 180 Å². The van der Waals surface area contributed by atoms with Crippen LogP contribution in [0.15, 0.2) is 46.0 Å². The Morgan fingerprint density at radius 1 is 1.25 bits per heavy atom. The molecule has 3 rings (SSSR count). The maximum atomic E-state index is 12.4. The highest BCUT2D eigenvalue weighted by Gasteiger charge is 2.24. The summed E-state index contributed by atoms with van der Waals surface area (Å²) in [6, 6.07) is 6.69. The minimum atomic E-state index is -3.96. The normalized spacial score (nSPS) is 12.7. The Bertz CT molecular complexity index is 1080. The van der Waals surface area contributed by atoms with Gasteiger partial charge < -0.3 is 4.74 Å². The second-order valence-electron chi connectivity index (χ2n) is 5.65. The first-order valence-electron chi connectivity index (χ1n) is 7.88. The van der Waals surface area contributed by atoms with E-state index in [0.717, 1.165) is 9.88 Å². The number of sulfonamides is 1. The lowest BCUT2D eigenvalue weighted by atomic mass is 10.4. The van der Waals surface area contributed by atoms with Gasteiger partial charge in [0.05, 0.1) is 25.5 Å². The third kappa shape index (κ3) is 5.11. The lowest BCUT2D eigenvalue weighted by Crippen LogP contribution is -2.39. The van der Waals surface area contributed by atoms with E-state index in [0.29, 0.717) is 5.69 Å². The van der Waals surface area contributed by atoms with Crippen LogP contribution >= 0.6 is 45.9 Å². The molecule has 1 atom stereocenters. The lowest BCUT2D eigenvalue weighted by Gasteiger charge is -2.13. The molecule has 0 saturated heterocycles. The Morgan fingerprint density at radius 3 is 2.71 bits per heavy atom. The summed E-state index contributed by atoms with van der Waals surface area (Å²) in [6.45, 7) is 1.36. The number of halogens is 2. The van der Waals surface area contributed by atoms with Gasteiger partial charge in [-0.2, -0.15) is 4.72 Å². The molecule has 0 radical (unpaired) electrons. The molecule has 3 aromatic rings. The molecule has 1 aromatic carbocycles. The van der Waals surface area contributed by atoms with E-state index in [1.807, 2.05) is 17.5 Å². The highest BCUT2D eigenvalue weighted by Crippen LogP contribution is 2.28. The van der Waals surface area contributed by atoms with Crippen LogP contribution in [0.25, 0.3) is 9.88 Å². The van der Waals surface area contributed by atoms with Crippen molar-refractivity contribution in [2.75, 3.05) is 0 Å². The number of hydrogen-bond donors (Lipinski definition) is 1. The van der Waals surface area contributed by atoms with Gasteiger partial charge in [0.25, 0.3) is 0 Å². The fourth-order valence-electron chi connectivity index (χ4n) is 2.15. The average Bonchev–Trinajstić information content (AvgIpc) is 3.32. The number of carbonyl (C=O) groups is 1. The summed E-state index contributed by atoms with van der Waals surface area (Å²) >= 11 is 14.7. The number of carbonyl (C=O) groups excluding carboxylic acids is 1. The summed E-state index contributed by atoms with van der Waals surface area (Å²) < 4.78 is 32.2. The van der Waals surface area contributed by atoms with Crippen molar-refractivity contribution in [2.45, 2.75) is 24.5 Å². The average molecular weight is 477 g/mol. The van der Waals surface area contributed by atoms with Crippen molar-refractivity contribution in [1.29, 1.82) is 0 Å². The van der Waals surface area contributed by atoms with E-state index in [4.69, 9.17) is 27.9 Å². The maximum absolute atomic E-state index is 12.4. The van der Waals surface area contributed by atoms with Crippen LogP contribution in [-0.4, -0.2) is 25.4 Å². The second kappa shape index (κ2) is 8.89. The molecule has 0 bridgehead atoms. The Balaban J connectivity index is 1.59. The van der Waals surface area contributed by atoms with Crippen molar-refractivity contribution in [3.05, 3.63) is 56.8 Å². The van der Waals surface area contributed by atoms with Gasteiger partial charge in [0.15, 0.2) is 0 Å². The van der Waals surface area contributed by atoms with E-state index in [2.05, 4.69) is 9.71 Å².